The van der Waals surface area contributed by atoms with Crippen LogP contribution in [0.15, 0.2) is 42.6 Å². The standard InChI is InChI=1S/C22H26N4O3/c1-4-26-21-18(13-23-26)17(12-19(24-21)16-8-6-5-7-9-16)22(29)25(14-15(2)3)11-10-20(27)28/h5-9,12-13,15H,4,10-11,14H2,1-3H3,(H,27,28). The SMILES string of the molecule is CCn1ncc2c(C(=O)N(CCC(=O)O)CC(C)C)cc(-c3ccccc3)nc21. The number of carbonyl (C=O) groups excluding carboxylic acids is 1. The number of benzene rings is 1. The fourth-order valence-corrected chi connectivity index (χ4v) is 3.33. The number of rotatable bonds is 8. The van der Waals surface area contributed by atoms with Gasteiger partial charge in [0.2, 0.25) is 0 Å². The Bertz CT molecular complexity index is 1010. The molecule has 1 aromatic carbocycles. The molecule has 7 heteroatoms. The molecule has 2 aromatic heterocycles. The summed E-state index contributed by atoms with van der Waals surface area (Å²) in [6.45, 7) is 7.28. The number of pyridine rings is 1. The van der Waals surface area contributed by atoms with Crippen LogP contribution in [0.25, 0.3) is 22.3 Å². The third kappa shape index (κ3) is 4.62. The fourth-order valence-electron chi connectivity index (χ4n) is 3.33. The van der Waals surface area contributed by atoms with Gasteiger partial charge in [-0.15, -0.1) is 0 Å². The van der Waals surface area contributed by atoms with Gasteiger partial charge in [-0.1, -0.05) is 44.2 Å². The average molecular weight is 394 g/mol. The zero-order chi connectivity index (χ0) is 21.0. The quantitative estimate of drug-likeness (QED) is 0.629. The summed E-state index contributed by atoms with van der Waals surface area (Å²) in [5, 5.41) is 14.1. The maximum absolute atomic E-state index is 13.5. The molecule has 0 aliphatic rings. The summed E-state index contributed by atoms with van der Waals surface area (Å²) in [7, 11) is 0. The Morgan fingerprint density at radius 1 is 1.21 bits per heavy atom. The molecule has 3 aromatic rings. The minimum absolute atomic E-state index is 0.0908. The third-order valence-corrected chi connectivity index (χ3v) is 4.68. The lowest BCUT2D eigenvalue weighted by atomic mass is 10.1. The van der Waals surface area contributed by atoms with Gasteiger partial charge < -0.3 is 10.0 Å². The Balaban J connectivity index is 2.11. The van der Waals surface area contributed by atoms with Crippen LogP contribution in [-0.4, -0.2) is 49.7 Å². The molecule has 0 bridgehead atoms. The van der Waals surface area contributed by atoms with Gasteiger partial charge in [0.25, 0.3) is 5.91 Å². The molecule has 0 unspecified atom stereocenters. The van der Waals surface area contributed by atoms with Gasteiger partial charge in [-0.3, -0.25) is 9.59 Å². The Hall–Kier alpha value is -3.22. The zero-order valence-electron chi connectivity index (χ0n) is 17.0. The van der Waals surface area contributed by atoms with E-state index in [0.29, 0.717) is 35.4 Å². The molecule has 0 aliphatic heterocycles. The molecular weight excluding hydrogens is 368 g/mol. The number of amides is 1. The molecule has 2 heterocycles. The van der Waals surface area contributed by atoms with Crippen LogP contribution in [0, 0.1) is 5.92 Å². The minimum atomic E-state index is -0.921. The second-order valence-corrected chi connectivity index (χ2v) is 7.41. The number of nitrogens with zero attached hydrogens (tertiary/aromatic N) is 4. The molecular formula is C22H26N4O3. The second kappa shape index (κ2) is 8.86. The highest BCUT2D eigenvalue weighted by atomic mass is 16.4. The molecule has 1 N–H and O–H groups in total. The van der Waals surface area contributed by atoms with Crippen molar-refractivity contribution in [3.8, 4) is 11.3 Å². The van der Waals surface area contributed by atoms with Crippen molar-refractivity contribution in [2.45, 2.75) is 33.7 Å². The van der Waals surface area contributed by atoms with Gasteiger partial charge in [0.1, 0.15) is 0 Å². The number of hydrogen-bond donors (Lipinski definition) is 1. The molecule has 0 saturated heterocycles. The van der Waals surface area contributed by atoms with Crippen LogP contribution < -0.4 is 0 Å². The Morgan fingerprint density at radius 2 is 1.93 bits per heavy atom. The number of aryl methyl sites for hydroxylation is 1. The maximum Gasteiger partial charge on any atom is 0.305 e. The first-order valence-electron chi connectivity index (χ1n) is 9.83. The fraction of sp³-hybridized carbons (Fsp3) is 0.364. The Labute approximate surface area is 170 Å². The number of aromatic nitrogens is 3. The summed E-state index contributed by atoms with van der Waals surface area (Å²) >= 11 is 0. The number of hydrogen-bond acceptors (Lipinski definition) is 4. The number of carboxylic acids is 1. The molecule has 3 rings (SSSR count). The van der Waals surface area contributed by atoms with Crippen molar-refractivity contribution in [3.63, 3.8) is 0 Å². The van der Waals surface area contributed by atoms with E-state index in [9.17, 15) is 9.59 Å². The van der Waals surface area contributed by atoms with Crippen molar-refractivity contribution in [1.29, 1.82) is 0 Å². The lowest BCUT2D eigenvalue weighted by molar-refractivity contribution is -0.137. The van der Waals surface area contributed by atoms with Crippen molar-refractivity contribution < 1.29 is 14.7 Å². The summed E-state index contributed by atoms with van der Waals surface area (Å²) in [6.07, 6.45) is 1.57. The van der Waals surface area contributed by atoms with Crippen LogP contribution in [0.1, 0.15) is 37.6 Å². The highest BCUT2D eigenvalue weighted by Gasteiger charge is 2.23. The van der Waals surface area contributed by atoms with Crippen LogP contribution in [0.2, 0.25) is 0 Å². The number of aliphatic carboxylic acids is 1. The predicted molar refractivity (Wildman–Crippen MR) is 112 cm³/mol. The van der Waals surface area contributed by atoms with E-state index >= 15 is 0 Å². The summed E-state index contributed by atoms with van der Waals surface area (Å²) < 4.78 is 1.77. The lowest BCUT2D eigenvalue weighted by Crippen LogP contribution is -2.36. The van der Waals surface area contributed by atoms with Gasteiger partial charge in [-0.25, -0.2) is 9.67 Å². The van der Waals surface area contributed by atoms with E-state index < -0.39 is 5.97 Å². The number of carbonyl (C=O) groups is 2. The van der Waals surface area contributed by atoms with Crippen molar-refractivity contribution >= 4 is 22.9 Å². The van der Waals surface area contributed by atoms with E-state index in [1.165, 1.54) is 0 Å². The first kappa shape index (κ1) is 20.5. The van der Waals surface area contributed by atoms with Gasteiger partial charge in [0.15, 0.2) is 5.65 Å². The van der Waals surface area contributed by atoms with E-state index in [-0.39, 0.29) is 24.8 Å². The van der Waals surface area contributed by atoms with E-state index in [1.807, 2.05) is 51.1 Å². The highest BCUT2D eigenvalue weighted by molar-refractivity contribution is 6.06. The lowest BCUT2D eigenvalue weighted by Gasteiger charge is -2.24. The number of fused-ring (bicyclic) bond motifs is 1. The predicted octanol–water partition coefficient (Wildman–Crippen LogP) is 3.69. The molecule has 0 atom stereocenters. The average Bonchev–Trinajstić information content (AvgIpc) is 3.13. The van der Waals surface area contributed by atoms with Crippen molar-refractivity contribution in [2.75, 3.05) is 13.1 Å². The van der Waals surface area contributed by atoms with Crippen LogP contribution in [0.5, 0.6) is 0 Å². The van der Waals surface area contributed by atoms with Crippen molar-refractivity contribution in [1.82, 2.24) is 19.7 Å². The van der Waals surface area contributed by atoms with Crippen molar-refractivity contribution in [2.24, 2.45) is 5.92 Å². The van der Waals surface area contributed by atoms with Gasteiger partial charge in [-0.05, 0) is 18.9 Å². The van der Waals surface area contributed by atoms with Gasteiger partial charge in [0.05, 0.1) is 29.3 Å². The molecule has 0 saturated carbocycles. The molecule has 1 amide bonds. The maximum atomic E-state index is 13.5. The molecule has 152 valence electrons. The first-order chi connectivity index (χ1) is 13.9. The Kier molecular flexibility index (Phi) is 6.26. The van der Waals surface area contributed by atoms with Crippen molar-refractivity contribution in [3.05, 3.63) is 48.2 Å². The van der Waals surface area contributed by atoms with Crippen LogP contribution in [0.4, 0.5) is 0 Å². The smallest absolute Gasteiger partial charge is 0.305 e. The van der Waals surface area contributed by atoms with Crippen LogP contribution >= 0.6 is 0 Å². The number of carboxylic acid groups (broad SMARTS) is 1. The monoisotopic (exact) mass is 394 g/mol. The van der Waals surface area contributed by atoms with Gasteiger partial charge in [0, 0.05) is 25.2 Å². The molecule has 7 nitrogen and oxygen atoms in total. The van der Waals surface area contributed by atoms with E-state index in [0.717, 1.165) is 5.56 Å². The largest absolute Gasteiger partial charge is 0.481 e. The summed E-state index contributed by atoms with van der Waals surface area (Å²) in [5.74, 6) is -0.896. The first-order valence-corrected chi connectivity index (χ1v) is 9.83. The van der Waals surface area contributed by atoms with Crippen LogP contribution in [0.3, 0.4) is 0 Å². The minimum Gasteiger partial charge on any atom is -0.481 e. The zero-order valence-corrected chi connectivity index (χ0v) is 17.0. The molecule has 29 heavy (non-hydrogen) atoms. The Morgan fingerprint density at radius 3 is 2.55 bits per heavy atom. The highest BCUT2D eigenvalue weighted by Crippen LogP contribution is 2.26. The molecule has 0 radical (unpaired) electrons. The van der Waals surface area contributed by atoms with Gasteiger partial charge >= 0.3 is 5.97 Å². The van der Waals surface area contributed by atoms with E-state index in [4.69, 9.17) is 10.1 Å². The van der Waals surface area contributed by atoms with Gasteiger partial charge in [-0.2, -0.15) is 5.10 Å². The molecule has 0 fully saturated rings. The van der Waals surface area contributed by atoms with E-state index in [2.05, 4.69) is 5.10 Å². The van der Waals surface area contributed by atoms with E-state index in [1.54, 1.807) is 21.8 Å². The topological polar surface area (TPSA) is 88.3 Å². The third-order valence-electron chi connectivity index (χ3n) is 4.68. The van der Waals surface area contributed by atoms with Crippen LogP contribution in [-0.2, 0) is 11.3 Å². The molecule has 0 aliphatic carbocycles. The summed E-state index contributed by atoms with van der Waals surface area (Å²) in [6, 6.07) is 11.5. The second-order valence-electron chi connectivity index (χ2n) is 7.41. The summed E-state index contributed by atoms with van der Waals surface area (Å²) in [4.78, 5) is 30.9. The molecule has 0 spiro atoms. The summed E-state index contributed by atoms with van der Waals surface area (Å²) in [5.41, 5.74) is 2.76. The normalized spacial score (nSPS) is 11.2.